The summed E-state index contributed by atoms with van der Waals surface area (Å²) < 4.78 is 22.3. The van der Waals surface area contributed by atoms with E-state index in [1.165, 1.54) is 0 Å². The van der Waals surface area contributed by atoms with Crippen molar-refractivity contribution in [3.05, 3.63) is 0 Å². The Morgan fingerprint density at radius 1 is 1.17 bits per heavy atom. The summed E-state index contributed by atoms with van der Waals surface area (Å²) in [6.45, 7) is 0.747. The van der Waals surface area contributed by atoms with Crippen LogP contribution in [0.3, 0.4) is 0 Å². The highest BCUT2D eigenvalue weighted by Crippen LogP contribution is 2.69. The summed E-state index contributed by atoms with van der Waals surface area (Å²) in [6, 6.07) is 0. The van der Waals surface area contributed by atoms with Gasteiger partial charge < -0.3 is 35.1 Å². The molecule has 0 radical (unpaired) electrons. The molecule has 1 aliphatic rings. The first-order valence-corrected chi connectivity index (χ1v) is 8.46. The SMILES string of the molecule is O=P(O)(O)C(O)(C(O)C1CCCNC1)P(=O)(O)O. The highest BCUT2D eigenvalue weighted by molar-refractivity contribution is 7.72. The van der Waals surface area contributed by atoms with Crippen molar-refractivity contribution in [2.24, 2.45) is 5.92 Å². The molecular formula is C7H17NO8P2. The van der Waals surface area contributed by atoms with E-state index in [0.717, 1.165) is 0 Å². The molecule has 1 fully saturated rings. The van der Waals surface area contributed by atoms with E-state index in [0.29, 0.717) is 19.4 Å². The van der Waals surface area contributed by atoms with Crippen molar-refractivity contribution >= 4 is 15.2 Å². The van der Waals surface area contributed by atoms with Gasteiger partial charge >= 0.3 is 15.2 Å². The van der Waals surface area contributed by atoms with Crippen LogP contribution in [-0.4, -0.2) is 54.1 Å². The molecule has 11 heteroatoms. The lowest BCUT2D eigenvalue weighted by atomic mass is 9.94. The second-order valence-electron chi connectivity index (χ2n) is 4.33. The van der Waals surface area contributed by atoms with E-state index in [2.05, 4.69) is 5.32 Å². The lowest BCUT2D eigenvalue weighted by molar-refractivity contribution is -0.0308. The van der Waals surface area contributed by atoms with Crippen LogP contribution in [0.15, 0.2) is 0 Å². The Balaban J connectivity index is 3.12. The van der Waals surface area contributed by atoms with E-state index in [-0.39, 0.29) is 6.54 Å². The molecule has 18 heavy (non-hydrogen) atoms. The van der Waals surface area contributed by atoms with Crippen molar-refractivity contribution in [1.82, 2.24) is 5.32 Å². The summed E-state index contributed by atoms with van der Waals surface area (Å²) in [5.41, 5.74) is 0. The third-order valence-electron chi connectivity index (χ3n) is 3.04. The molecule has 2 unspecified atom stereocenters. The summed E-state index contributed by atoms with van der Waals surface area (Å²) in [5.74, 6) is -0.844. The van der Waals surface area contributed by atoms with Gasteiger partial charge in [-0.2, -0.15) is 0 Å². The van der Waals surface area contributed by atoms with E-state index in [1.54, 1.807) is 0 Å². The van der Waals surface area contributed by atoms with Crippen LogP contribution in [0.2, 0.25) is 0 Å². The predicted octanol–water partition coefficient (Wildman–Crippen LogP) is -1.65. The molecule has 9 nitrogen and oxygen atoms in total. The van der Waals surface area contributed by atoms with Gasteiger partial charge in [0.2, 0.25) is 0 Å². The lowest BCUT2D eigenvalue weighted by Crippen LogP contribution is -2.50. The number of piperidine rings is 1. The fraction of sp³-hybridized carbons (Fsp3) is 1.00. The minimum atomic E-state index is -5.62. The van der Waals surface area contributed by atoms with Crippen LogP contribution in [0.25, 0.3) is 0 Å². The van der Waals surface area contributed by atoms with Gasteiger partial charge in [0.15, 0.2) is 0 Å². The van der Waals surface area contributed by atoms with Gasteiger partial charge in [-0.1, -0.05) is 0 Å². The standard InChI is InChI=1S/C7H17NO8P2/c9-6(5-2-1-3-8-4-5)7(10,17(11,12)13)18(14,15)16/h5-6,8-10H,1-4H2,(H2,11,12,13)(H2,14,15,16). The van der Waals surface area contributed by atoms with Gasteiger partial charge in [0.1, 0.15) is 6.10 Å². The normalized spacial score (nSPS) is 24.9. The van der Waals surface area contributed by atoms with Gasteiger partial charge in [-0.3, -0.25) is 9.13 Å². The number of rotatable bonds is 4. The third-order valence-corrected chi connectivity index (χ3v) is 6.84. The molecule has 0 amide bonds. The Morgan fingerprint density at radius 2 is 1.67 bits per heavy atom. The molecule has 0 saturated carbocycles. The van der Waals surface area contributed by atoms with Gasteiger partial charge in [-0.25, -0.2) is 0 Å². The van der Waals surface area contributed by atoms with Gasteiger partial charge in [-0.05, 0) is 19.4 Å². The summed E-state index contributed by atoms with van der Waals surface area (Å²) in [4.78, 5) is 35.8. The Bertz CT molecular complexity index is 361. The van der Waals surface area contributed by atoms with Gasteiger partial charge in [0.25, 0.3) is 5.08 Å². The van der Waals surface area contributed by atoms with E-state index in [4.69, 9.17) is 19.6 Å². The molecule has 1 rings (SSSR count). The maximum atomic E-state index is 11.2. The number of hydrogen-bond acceptors (Lipinski definition) is 5. The monoisotopic (exact) mass is 305 g/mol. The Kier molecular flexibility index (Phi) is 4.76. The molecule has 1 aliphatic heterocycles. The van der Waals surface area contributed by atoms with Crippen LogP contribution in [0.1, 0.15) is 12.8 Å². The highest BCUT2D eigenvalue weighted by Gasteiger charge is 2.65. The number of aliphatic hydroxyl groups excluding tert-OH is 1. The highest BCUT2D eigenvalue weighted by atomic mass is 31.2. The van der Waals surface area contributed by atoms with Crippen molar-refractivity contribution < 1.29 is 38.9 Å². The predicted molar refractivity (Wildman–Crippen MR) is 60.6 cm³/mol. The van der Waals surface area contributed by atoms with E-state index in [1.807, 2.05) is 0 Å². The Morgan fingerprint density at radius 3 is 2.00 bits per heavy atom. The Hall–Kier alpha value is 0.180. The second-order valence-corrected chi connectivity index (χ2v) is 8.22. The van der Waals surface area contributed by atoms with Crippen molar-refractivity contribution in [1.29, 1.82) is 0 Å². The fourth-order valence-corrected chi connectivity index (χ4v) is 4.45. The largest absolute Gasteiger partial charge is 0.388 e. The first-order valence-electron chi connectivity index (χ1n) is 5.24. The molecule has 0 bridgehead atoms. The molecule has 0 aromatic heterocycles. The zero-order valence-corrected chi connectivity index (χ0v) is 11.2. The second kappa shape index (κ2) is 5.28. The summed E-state index contributed by atoms with van der Waals surface area (Å²) in [5, 5.41) is 18.5. The van der Waals surface area contributed by atoms with Crippen molar-refractivity contribution in [3.8, 4) is 0 Å². The quantitative estimate of drug-likeness (QED) is 0.301. The van der Waals surface area contributed by atoms with Gasteiger partial charge in [-0.15, -0.1) is 0 Å². The third kappa shape index (κ3) is 2.85. The van der Waals surface area contributed by atoms with Crippen LogP contribution in [-0.2, 0) is 9.13 Å². The van der Waals surface area contributed by atoms with E-state index < -0.39 is 32.3 Å². The molecule has 7 N–H and O–H groups in total. The summed E-state index contributed by atoms with van der Waals surface area (Å²) in [6.07, 6.45) is -1.34. The van der Waals surface area contributed by atoms with Crippen LogP contribution in [0, 0.1) is 5.92 Å². The smallest absolute Gasteiger partial charge is 0.372 e. The fourth-order valence-electron chi connectivity index (χ4n) is 1.98. The Labute approximate surface area is 103 Å². The first kappa shape index (κ1) is 16.2. The molecule has 2 atom stereocenters. The topological polar surface area (TPSA) is 168 Å². The summed E-state index contributed by atoms with van der Waals surface area (Å²) >= 11 is 0. The van der Waals surface area contributed by atoms with Crippen molar-refractivity contribution in [2.45, 2.75) is 24.0 Å². The number of aliphatic hydroxyl groups is 2. The molecular weight excluding hydrogens is 288 g/mol. The van der Waals surface area contributed by atoms with E-state index >= 15 is 0 Å². The minimum absolute atomic E-state index is 0.115. The van der Waals surface area contributed by atoms with Crippen LogP contribution in [0.5, 0.6) is 0 Å². The van der Waals surface area contributed by atoms with Crippen LogP contribution < -0.4 is 5.32 Å². The maximum Gasteiger partial charge on any atom is 0.372 e. The zero-order valence-electron chi connectivity index (χ0n) is 9.38. The van der Waals surface area contributed by atoms with Crippen molar-refractivity contribution in [3.63, 3.8) is 0 Å². The molecule has 1 saturated heterocycles. The number of hydrogen-bond donors (Lipinski definition) is 7. The van der Waals surface area contributed by atoms with Crippen molar-refractivity contribution in [2.75, 3.05) is 13.1 Å². The lowest BCUT2D eigenvalue weighted by Gasteiger charge is -2.38. The zero-order chi connectivity index (χ0) is 14.2. The molecule has 0 aromatic rings. The summed E-state index contributed by atoms with van der Waals surface area (Å²) in [7, 11) is -11.2. The first-order chi connectivity index (χ1) is 8.02. The van der Waals surface area contributed by atoms with Gasteiger partial charge in [0.05, 0.1) is 0 Å². The van der Waals surface area contributed by atoms with Crippen LogP contribution >= 0.6 is 15.2 Å². The molecule has 0 spiro atoms. The minimum Gasteiger partial charge on any atom is -0.388 e. The molecule has 108 valence electrons. The number of nitrogens with one attached hydrogen (secondary N) is 1. The molecule has 1 heterocycles. The van der Waals surface area contributed by atoms with Gasteiger partial charge in [0, 0.05) is 12.5 Å². The van der Waals surface area contributed by atoms with E-state index in [9.17, 15) is 19.3 Å². The van der Waals surface area contributed by atoms with Crippen LogP contribution in [0.4, 0.5) is 0 Å². The molecule has 0 aliphatic carbocycles. The molecule has 0 aromatic carbocycles. The average Bonchev–Trinajstić information content (AvgIpc) is 2.25. The maximum absolute atomic E-state index is 11.2. The average molecular weight is 305 g/mol.